The van der Waals surface area contributed by atoms with Gasteiger partial charge < -0.3 is 15.2 Å². The van der Waals surface area contributed by atoms with Crippen molar-refractivity contribution in [3.63, 3.8) is 0 Å². The summed E-state index contributed by atoms with van der Waals surface area (Å²) in [5.74, 6) is -1.49. The van der Waals surface area contributed by atoms with E-state index in [-0.39, 0.29) is 12.1 Å². The van der Waals surface area contributed by atoms with Gasteiger partial charge in [0.15, 0.2) is 0 Å². The van der Waals surface area contributed by atoms with Gasteiger partial charge in [0.2, 0.25) is 0 Å². The maximum atomic E-state index is 12.8. The van der Waals surface area contributed by atoms with Crippen molar-refractivity contribution in [2.75, 3.05) is 7.11 Å². The van der Waals surface area contributed by atoms with Gasteiger partial charge in [-0.1, -0.05) is 36.4 Å². The van der Waals surface area contributed by atoms with Gasteiger partial charge in [0.1, 0.15) is 11.8 Å². The second-order valence-electron chi connectivity index (χ2n) is 6.35. The molecule has 0 aromatic heterocycles. The minimum Gasteiger partial charge on any atom is -0.496 e. The number of amides is 1. The minimum atomic E-state index is -1.29. The van der Waals surface area contributed by atoms with Gasteiger partial charge in [0, 0.05) is 29.7 Å². The molecule has 0 heterocycles. The highest BCUT2D eigenvalue weighted by atomic mass is 16.6. The Morgan fingerprint density at radius 3 is 2.55 bits per heavy atom. The maximum absolute atomic E-state index is 12.8. The van der Waals surface area contributed by atoms with Crippen LogP contribution < -0.4 is 10.1 Å². The quantitative estimate of drug-likeness (QED) is 0.469. The van der Waals surface area contributed by atoms with E-state index in [1.807, 2.05) is 18.2 Å². The van der Waals surface area contributed by atoms with Crippen molar-refractivity contribution in [1.29, 1.82) is 0 Å². The maximum Gasteiger partial charge on any atom is 0.326 e. The summed E-state index contributed by atoms with van der Waals surface area (Å²) in [6.07, 6.45) is -0.170. The fourth-order valence-electron chi connectivity index (χ4n) is 3.12. The highest BCUT2D eigenvalue weighted by molar-refractivity contribution is 6.07. The fourth-order valence-corrected chi connectivity index (χ4v) is 3.12. The molecule has 0 radical (unpaired) electrons. The molecule has 2 N–H and O–H groups in total. The number of carbonyl (C=O) groups is 2. The second kappa shape index (κ2) is 8.39. The first kappa shape index (κ1) is 19.8. The second-order valence-corrected chi connectivity index (χ2v) is 6.35. The molecule has 8 nitrogen and oxygen atoms in total. The highest BCUT2D eigenvalue weighted by Crippen LogP contribution is 2.25. The number of aliphatic carboxylic acids is 1. The average Bonchev–Trinajstić information content (AvgIpc) is 2.72. The molecule has 0 saturated carbocycles. The van der Waals surface area contributed by atoms with Crippen molar-refractivity contribution in [1.82, 2.24) is 5.32 Å². The van der Waals surface area contributed by atoms with E-state index >= 15 is 0 Å². The number of hydrogen-bond donors (Lipinski definition) is 2. The van der Waals surface area contributed by atoms with Gasteiger partial charge in [0.25, 0.3) is 11.6 Å². The van der Waals surface area contributed by atoms with Gasteiger partial charge in [-0.2, -0.15) is 0 Å². The Labute approximate surface area is 165 Å². The molecule has 1 amide bonds. The summed E-state index contributed by atoms with van der Waals surface area (Å²) >= 11 is 0. The molecule has 3 aromatic carbocycles. The predicted octanol–water partition coefficient (Wildman–Crippen LogP) is 3.18. The molecule has 8 heteroatoms. The fraction of sp³-hybridized carbons (Fsp3) is 0.143. The van der Waals surface area contributed by atoms with Crippen LogP contribution in [-0.4, -0.2) is 35.1 Å². The number of carboxylic acid groups (broad SMARTS) is 1. The first-order valence-corrected chi connectivity index (χ1v) is 8.73. The number of non-ortho nitro benzene ring substituents is 1. The topological polar surface area (TPSA) is 119 Å². The van der Waals surface area contributed by atoms with Crippen molar-refractivity contribution >= 4 is 28.3 Å². The number of carbonyl (C=O) groups excluding carboxylic acids is 1. The summed E-state index contributed by atoms with van der Waals surface area (Å²) in [6, 6.07) is 15.1. The van der Waals surface area contributed by atoms with Crippen molar-refractivity contribution in [3.05, 3.63) is 81.9 Å². The van der Waals surface area contributed by atoms with E-state index in [0.717, 1.165) is 5.39 Å². The zero-order valence-electron chi connectivity index (χ0n) is 15.5. The Morgan fingerprint density at radius 1 is 1.14 bits per heavy atom. The summed E-state index contributed by atoms with van der Waals surface area (Å²) in [4.78, 5) is 35.0. The SMILES string of the molecule is COc1ccc([N+](=O)[O-])cc1C[C@H](NC(=O)c1cccc2ccccc12)C(=O)O. The van der Waals surface area contributed by atoms with Gasteiger partial charge >= 0.3 is 5.97 Å². The first-order valence-electron chi connectivity index (χ1n) is 8.73. The number of fused-ring (bicyclic) bond motifs is 1. The molecule has 1 atom stereocenters. The molecule has 0 unspecified atom stereocenters. The Balaban J connectivity index is 1.89. The number of methoxy groups -OCH3 is 1. The third kappa shape index (κ3) is 4.32. The number of nitro benzene ring substituents is 1. The monoisotopic (exact) mass is 394 g/mol. The molecule has 3 aromatic rings. The van der Waals surface area contributed by atoms with Crippen LogP contribution in [0.25, 0.3) is 10.8 Å². The summed E-state index contributed by atoms with van der Waals surface area (Å²) in [5.41, 5.74) is 0.470. The molecule has 148 valence electrons. The number of nitro groups is 1. The highest BCUT2D eigenvalue weighted by Gasteiger charge is 2.24. The Morgan fingerprint density at radius 2 is 1.86 bits per heavy atom. The molecule has 3 rings (SSSR count). The zero-order valence-corrected chi connectivity index (χ0v) is 15.5. The molecule has 0 bridgehead atoms. The van der Waals surface area contributed by atoms with E-state index in [4.69, 9.17) is 4.74 Å². The van der Waals surface area contributed by atoms with E-state index in [0.29, 0.717) is 22.3 Å². The predicted molar refractivity (Wildman–Crippen MR) is 106 cm³/mol. The van der Waals surface area contributed by atoms with E-state index in [2.05, 4.69) is 5.32 Å². The van der Waals surface area contributed by atoms with Gasteiger partial charge in [0.05, 0.1) is 12.0 Å². The van der Waals surface area contributed by atoms with Crippen LogP contribution in [0.1, 0.15) is 15.9 Å². The molecule has 0 saturated heterocycles. The van der Waals surface area contributed by atoms with Gasteiger partial charge in [-0.05, 0) is 22.9 Å². The Bertz CT molecular complexity index is 1090. The molecular weight excluding hydrogens is 376 g/mol. The van der Waals surface area contributed by atoms with Crippen LogP contribution in [0.3, 0.4) is 0 Å². The minimum absolute atomic E-state index is 0.170. The van der Waals surface area contributed by atoms with Crippen LogP contribution in [0, 0.1) is 10.1 Å². The molecule has 0 spiro atoms. The van der Waals surface area contributed by atoms with E-state index in [1.54, 1.807) is 24.3 Å². The Kier molecular flexibility index (Phi) is 5.73. The molecule has 0 fully saturated rings. The number of nitrogens with zero attached hydrogens (tertiary/aromatic N) is 1. The van der Waals surface area contributed by atoms with Crippen LogP contribution in [0.4, 0.5) is 5.69 Å². The lowest BCUT2D eigenvalue weighted by atomic mass is 10.0. The van der Waals surface area contributed by atoms with Crippen LogP contribution >= 0.6 is 0 Å². The van der Waals surface area contributed by atoms with E-state index in [1.165, 1.54) is 25.3 Å². The molecule has 0 aliphatic rings. The van der Waals surface area contributed by atoms with Crippen LogP contribution in [-0.2, 0) is 11.2 Å². The van der Waals surface area contributed by atoms with Crippen molar-refractivity contribution in [2.24, 2.45) is 0 Å². The average molecular weight is 394 g/mol. The van der Waals surface area contributed by atoms with E-state index in [9.17, 15) is 24.8 Å². The van der Waals surface area contributed by atoms with Crippen molar-refractivity contribution in [3.8, 4) is 5.75 Å². The van der Waals surface area contributed by atoms with Crippen molar-refractivity contribution in [2.45, 2.75) is 12.5 Å². The van der Waals surface area contributed by atoms with Gasteiger partial charge in [-0.25, -0.2) is 4.79 Å². The third-order valence-corrected chi connectivity index (χ3v) is 4.54. The largest absolute Gasteiger partial charge is 0.496 e. The number of carboxylic acids is 1. The lowest BCUT2D eigenvalue weighted by Gasteiger charge is -2.17. The molecule has 0 aliphatic carbocycles. The third-order valence-electron chi connectivity index (χ3n) is 4.54. The van der Waals surface area contributed by atoms with E-state index < -0.39 is 22.8 Å². The van der Waals surface area contributed by atoms with Crippen LogP contribution in [0.15, 0.2) is 60.7 Å². The smallest absolute Gasteiger partial charge is 0.326 e. The summed E-state index contributed by atoms with van der Waals surface area (Å²) < 4.78 is 5.18. The van der Waals surface area contributed by atoms with Crippen LogP contribution in [0.5, 0.6) is 5.75 Å². The number of ether oxygens (including phenoxy) is 1. The normalized spacial score (nSPS) is 11.6. The summed E-state index contributed by atoms with van der Waals surface area (Å²) in [5, 5.41) is 24.7. The first-order chi connectivity index (χ1) is 13.9. The lowest BCUT2D eigenvalue weighted by Crippen LogP contribution is -2.42. The molecular formula is C21H18N2O6. The number of rotatable bonds is 7. The lowest BCUT2D eigenvalue weighted by molar-refractivity contribution is -0.384. The van der Waals surface area contributed by atoms with Gasteiger partial charge in [-0.3, -0.25) is 14.9 Å². The number of nitrogens with one attached hydrogen (secondary N) is 1. The molecule has 29 heavy (non-hydrogen) atoms. The Hall–Kier alpha value is -3.94. The zero-order chi connectivity index (χ0) is 21.0. The van der Waals surface area contributed by atoms with Crippen LogP contribution in [0.2, 0.25) is 0 Å². The molecule has 0 aliphatic heterocycles. The number of hydrogen-bond acceptors (Lipinski definition) is 5. The summed E-state index contributed by atoms with van der Waals surface area (Å²) in [7, 11) is 1.38. The summed E-state index contributed by atoms with van der Waals surface area (Å²) in [6.45, 7) is 0. The standard InChI is InChI=1S/C21H18N2O6/c1-29-19-10-9-15(23(27)28)11-14(19)12-18(21(25)26)22-20(24)17-8-4-6-13-5-2-3-7-16(13)17/h2-11,18H,12H2,1H3,(H,22,24)(H,25,26)/t18-/m0/s1. The van der Waals surface area contributed by atoms with Gasteiger partial charge in [-0.15, -0.1) is 0 Å². The number of benzene rings is 3. The van der Waals surface area contributed by atoms with Crippen molar-refractivity contribution < 1.29 is 24.4 Å².